The summed E-state index contributed by atoms with van der Waals surface area (Å²) in [6, 6.07) is 13.0. The molecule has 0 aliphatic rings. The second-order valence-corrected chi connectivity index (χ2v) is 5.65. The van der Waals surface area contributed by atoms with Crippen LogP contribution in [-0.2, 0) is 20.7 Å². The highest BCUT2D eigenvalue weighted by atomic mass is 19.3. The molecule has 1 heterocycles. The number of carbonyl (C=O) groups excluding carboxylic acids is 2. The average Bonchev–Trinajstić information content (AvgIpc) is 3.04. The van der Waals surface area contributed by atoms with Gasteiger partial charge in [0.1, 0.15) is 5.75 Å². The van der Waals surface area contributed by atoms with Crippen molar-refractivity contribution in [2.24, 2.45) is 0 Å². The van der Waals surface area contributed by atoms with E-state index < -0.39 is 25.1 Å². The van der Waals surface area contributed by atoms with Crippen LogP contribution in [0.1, 0.15) is 5.56 Å². The molecule has 0 bridgehead atoms. The lowest BCUT2D eigenvalue weighted by molar-refractivity contribution is -0.146. The van der Waals surface area contributed by atoms with Gasteiger partial charge in [-0.2, -0.15) is 8.78 Å². The number of carbonyl (C=O) groups is 2. The smallest absolute Gasteiger partial charge is 0.387 e. The number of alkyl halides is 2. The zero-order valence-corrected chi connectivity index (χ0v) is 14.1. The van der Waals surface area contributed by atoms with Crippen molar-refractivity contribution in [3.63, 3.8) is 0 Å². The van der Waals surface area contributed by atoms with Gasteiger partial charge in [0.15, 0.2) is 6.61 Å². The van der Waals surface area contributed by atoms with Crippen molar-refractivity contribution in [2.75, 3.05) is 11.9 Å². The van der Waals surface area contributed by atoms with Crippen molar-refractivity contribution >= 4 is 28.5 Å². The number of rotatable bonds is 7. The van der Waals surface area contributed by atoms with Gasteiger partial charge >= 0.3 is 12.6 Å². The van der Waals surface area contributed by atoms with Gasteiger partial charge in [-0.25, -0.2) is 0 Å². The molecule has 0 saturated heterocycles. The number of hydrogen-bond donors (Lipinski definition) is 2. The van der Waals surface area contributed by atoms with Crippen molar-refractivity contribution in [3.05, 3.63) is 60.3 Å². The molecule has 0 saturated carbocycles. The first-order valence-corrected chi connectivity index (χ1v) is 8.06. The van der Waals surface area contributed by atoms with Crippen LogP contribution >= 0.6 is 0 Å². The van der Waals surface area contributed by atoms with E-state index in [0.29, 0.717) is 5.69 Å². The third-order valence-electron chi connectivity index (χ3n) is 3.74. The minimum atomic E-state index is -2.91. The van der Waals surface area contributed by atoms with Crippen molar-refractivity contribution in [1.29, 1.82) is 0 Å². The number of nitrogens with one attached hydrogen (secondary N) is 2. The third-order valence-corrected chi connectivity index (χ3v) is 3.74. The van der Waals surface area contributed by atoms with Crippen LogP contribution in [0.5, 0.6) is 5.75 Å². The Morgan fingerprint density at radius 2 is 1.81 bits per heavy atom. The molecule has 3 rings (SSSR count). The van der Waals surface area contributed by atoms with E-state index in [1.54, 1.807) is 6.20 Å². The van der Waals surface area contributed by atoms with Crippen LogP contribution in [0.4, 0.5) is 14.5 Å². The second-order valence-electron chi connectivity index (χ2n) is 5.65. The molecule has 2 aromatic carbocycles. The maximum absolute atomic E-state index is 12.1. The fraction of sp³-hybridized carbons (Fsp3) is 0.158. The first-order valence-electron chi connectivity index (χ1n) is 8.06. The summed E-state index contributed by atoms with van der Waals surface area (Å²) >= 11 is 0. The van der Waals surface area contributed by atoms with Gasteiger partial charge in [-0.3, -0.25) is 9.59 Å². The van der Waals surface area contributed by atoms with Crippen LogP contribution in [0.25, 0.3) is 10.9 Å². The predicted molar refractivity (Wildman–Crippen MR) is 94.7 cm³/mol. The molecular formula is C19H16F2N2O4. The molecule has 1 aromatic heterocycles. The molecule has 1 amide bonds. The fourth-order valence-electron chi connectivity index (χ4n) is 2.55. The Morgan fingerprint density at radius 1 is 1.07 bits per heavy atom. The lowest BCUT2D eigenvalue weighted by Gasteiger charge is -2.08. The quantitative estimate of drug-likeness (QED) is 0.621. The first-order chi connectivity index (χ1) is 13.0. The average molecular weight is 374 g/mol. The summed E-state index contributed by atoms with van der Waals surface area (Å²) in [6.07, 6.45) is 1.77. The van der Waals surface area contributed by atoms with E-state index in [4.69, 9.17) is 4.74 Å². The Kier molecular flexibility index (Phi) is 5.65. The van der Waals surface area contributed by atoms with Gasteiger partial charge in [-0.05, 0) is 35.9 Å². The van der Waals surface area contributed by atoms with Crippen molar-refractivity contribution < 1.29 is 27.8 Å². The minimum Gasteiger partial charge on any atom is -0.455 e. The number of H-pyrrole nitrogens is 1. The van der Waals surface area contributed by atoms with E-state index in [0.717, 1.165) is 16.5 Å². The van der Waals surface area contributed by atoms with Gasteiger partial charge in [0, 0.05) is 22.8 Å². The van der Waals surface area contributed by atoms with Crippen LogP contribution in [0, 0.1) is 0 Å². The molecule has 6 nitrogen and oxygen atoms in total. The number of esters is 1. The van der Waals surface area contributed by atoms with E-state index in [1.165, 1.54) is 24.3 Å². The first kappa shape index (κ1) is 18.4. The topological polar surface area (TPSA) is 80.4 Å². The SMILES string of the molecule is O=C(COC(=O)Cc1c[nH]c2ccccc12)Nc1ccc(OC(F)F)cc1. The highest BCUT2D eigenvalue weighted by Crippen LogP contribution is 2.19. The predicted octanol–water partition coefficient (Wildman–Crippen LogP) is 3.49. The van der Waals surface area contributed by atoms with Crippen LogP contribution in [0.15, 0.2) is 54.7 Å². The van der Waals surface area contributed by atoms with Crippen molar-refractivity contribution in [2.45, 2.75) is 13.0 Å². The highest BCUT2D eigenvalue weighted by Gasteiger charge is 2.12. The van der Waals surface area contributed by atoms with Crippen LogP contribution in [0.3, 0.4) is 0 Å². The normalized spacial score (nSPS) is 10.8. The van der Waals surface area contributed by atoms with Gasteiger partial charge in [-0.15, -0.1) is 0 Å². The molecule has 0 aliphatic heterocycles. The van der Waals surface area contributed by atoms with E-state index in [2.05, 4.69) is 15.0 Å². The van der Waals surface area contributed by atoms with Gasteiger partial charge < -0.3 is 19.8 Å². The van der Waals surface area contributed by atoms with E-state index in [1.807, 2.05) is 24.3 Å². The Hall–Kier alpha value is -3.42. The number of fused-ring (bicyclic) bond motifs is 1. The van der Waals surface area contributed by atoms with Crippen LogP contribution in [0.2, 0.25) is 0 Å². The summed E-state index contributed by atoms with van der Waals surface area (Å²) < 4.78 is 33.4. The van der Waals surface area contributed by atoms with Crippen molar-refractivity contribution in [1.82, 2.24) is 4.98 Å². The Bertz CT molecular complexity index is 938. The minimum absolute atomic E-state index is 0.0202. The number of halogens is 2. The molecule has 8 heteroatoms. The number of anilines is 1. The largest absolute Gasteiger partial charge is 0.455 e. The molecule has 0 unspecified atom stereocenters. The summed E-state index contributed by atoms with van der Waals surface area (Å²) in [5.74, 6) is -1.09. The molecule has 0 fully saturated rings. The zero-order valence-electron chi connectivity index (χ0n) is 14.1. The van der Waals surface area contributed by atoms with Crippen molar-refractivity contribution in [3.8, 4) is 5.75 Å². The summed E-state index contributed by atoms with van der Waals surface area (Å²) in [5, 5.41) is 3.42. The molecule has 2 N–H and O–H groups in total. The summed E-state index contributed by atoms with van der Waals surface area (Å²) in [5.41, 5.74) is 2.07. The number of benzene rings is 2. The lowest BCUT2D eigenvalue weighted by atomic mass is 10.1. The standard InChI is InChI=1S/C19H16F2N2O4/c20-19(21)27-14-7-5-13(6-8-14)23-17(24)11-26-18(25)9-12-10-22-16-4-2-1-3-15(12)16/h1-8,10,19,22H,9,11H2,(H,23,24). The summed E-state index contributed by atoms with van der Waals surface area (Å²) in [6.45, 7) is -3.36. The second kappa shape index (κ2) is 8.31. The van der Waals surface area contributed by atoms with E-state index in [-0.39, 0.29) is 12.2 Å². The molecule has 0 spiro atoms. The third kappa shape index (κ3) is 5.04. The van der Waals surface area contributed by atoms with Gasteiger partial charge in [0.2, 0.25) is 0 Å². The Morgan fingerprint density at radius 3 is 2.56 bits per heavy atom. The number of aromatic amines is 1. The number of ether oxygens (including phenoxy) is 2. The number of hydrogen-bond acceptors (Lipinski definition) is 4. The van der Waals surface area contributed by atoms with Crippen LogP contribution in [-0.4, -0.2) is 30.1 Å². The molecule has 140 valence electrons. The van der Waals surface area contributed by atoms with Gasteiger partial charge in [0.25, 0.3) is 5.91 Å². The molecule has 27 heavy (non-hydrogen) atoms. The molecular weight excluding hydrogens is 358 g/mol. The van der Waals surface area contributed by atoms with Crippen LogP contribution < -0.4 is 10.1 Å². The number of para-hydroxylation sites is 1. The molecule has 3 aromatic rings. The van der Waals surface area contributed by atoms with E-state index in [9.17, 15) is 18.4 Å². The van der Waals surface area contributed by atoms with E-state index >= 15 is 0 Å². The maximum atomic E-state index is 12.1. The maximum Gasteiger partial charge on any atom is 0.387 e. The Balaban J connectivity index is 1.48. The monoisotopic (exact) mass is 374 g/mol. The summed E-state index contributed by atoms with van der Waals surface area (Å²) in [7, 11) is 0. The zero-order chi connectivity index (χ0) is 19.2. The lowest BCUT2D eigenvalue weighted by Crippen LogP contribution is -2.21. The number of aromatic nitrogens is 1. The molecule has 0 radical (unpaired) electrons. The number of amides is 1. The molecule has 0 aliphatic carbocycles. The fourth-order valence-corrected chi connectivity index (χ4v) is 2.55. The molecule has 0 atom stereocenters. The highest BCUT2D eigenvalue weighted by molar-refractivity contribution is 5.93. The van der Waals surface area contributed by atoms with Gasteiger partial charge in [-0.1, -0.05) is 18.2 Å². The Labute approximate surface area is 153 Å². The summed E-state index contributed by atoms with van der Waals surface area (Å²) in [4.78, 5) is 26.9. The van der Waals surface area contributed by atoms with Gasteiger partial charge in [0.05, 0.1) is 6.42 Å².